The lowest BCUT2D eigenvalue weighted by atomic mass is 9.96. The van der Waals surface area contributed by atoms with E-state index in [1.165, 1.54) is 23.3 Å². The Hall–Kier alpha value is -4.88. The number of amides is 1. The summed E-state index contributed by atoms with van der Waals surface area (Å²) in [6, 6.07) is 11.2. The third kappa shape index (κ3) is 4.88. The number of rotatable bonds is 7. The SMILES string of the molecule is COCCOc1cc(F)cc(F)c1-c1c(-c2cc3n(n2)CCN(C(=O)O)C3C)nc(-c2ccc3c(cnn3C)c2)c2ccsc12. The van der Waals surface area contributed by atoms with Crippen LogP contribution in [0, 0.1) is 11.6 Å². The van der Waals surface area contributed by atoms with Gasteiger partial charge in [-0.15, -0.1) is 11.3 Å². The summed E-state index contributed by atoms with van der Waals surface area (Å²) in [5, 5.41) is 22.6. The highest BCUT2D eigenvalue weighted by Crippen LogP contribution is 2.47. The van der Waals surface area contributed by atoms with Crippen LogP contribution in [-0.4, -0.2) is 67.5 Å². The van der Waals surface area contributed by atoms with Crippen LogP contribution in [0.5, 0.6) is 5.75 Å². The minimum atomic E-state index is -1.02. The fourth-order valence-electron chi connectivity index (χ4n) is 5.99. The average molecular weight is 631 g/mol. The molecule has 0 aliphatic carbocycles. The molecule has 1 atom stereocenters. The van der Waals surface area contributed by atoms with Crippen molar-refractivity contribution in [3.05, 3.63) is 71.4 Å². The Labute approximate surface area is 260 Å². The molecule has 13 heteroatoms. The number of hydrogen-bond acceptors (Lipinski definition) is 7. The van der Waals surface area contributed by atoms with Gasteiger partial charge in [0.1, 0.15) is 35.4 Å². The number of benzene rings is 2. The minimum Gasteiger partial charge on any atom is -0.490 e. The van der Waals surface area contributed by atoms with Crippen molar-refractivity contribution in [1.29, 1.82) is 0 Å². The van der Waals surface area contributed by atoms with Gasteiger partial charge >= 0.3 is 6.09 Å². The number of aryl methyl sites for hydroxylation is 1. The maximum absolute atomic E-state index is 16.0. The first kappa shape index (κ1) is 28.9. The molecule has 1 amide bonds. The number of thiophene rings is 1. The molecule has 10 nitrogen and oxygen atoms in total. The number of carboxylic acid groups (broad SMARTS) is 1. The highest BCUT2D eigenvalue weighted by Gasteiger charge is 2.32. The predicted molar refractivity (Wildman–Crippen MR) is 166 cm³/mol. The predicted octanol–water partition coefficient (Wildman–Crippen LogP) is 6.74. The lowest BCUT2D eigenvalue weighted by Gasteiger charge is -2.31. The van der Waals surface area contributed by atoms with Gasteiger partial charge in [0.15, 0.2) is 0 Å². The van der Waals surface area contributed by atoms with Gasteiger partial charge in [-0.05, 0) is 36.6 Å². The average Bonchev–Trinajstić information content (AvgIpc) is 3.76. The third-order valence-electron chi connectivity index (χ3n) is 8.19. The van der Waals surface area contributed by atoms with Crippen LogP contribution in [0.25, 0.3) is 54.8 Å². The maximum Gasteiger partial charge on any atom is 0.407 e. The smallest absolute Gasteiger partial charge is 0.407 e. The van der Waals surface area contributed by atoms with Crippen molar-refractivity contribution in [3.8, 4) is 39.5 Å². The first-order valence-corrected chi connectivity index (χ1v) is 15.1. The first-order chi connectivity index (χ1) is 21.7. The Bertz CT molecular complexity index is 2100. The van der Waals surface area contributed by atoms with Crippen LogP contribution >= 0.6 is 11.3 Å². The fourth-order valence-corrected chi connectivity index (χ4v) is 6.94. The van der Waals surface area contributed by atoms with E-state index >= 15 is 4.39 Å². The number of hydrogen-bond donors (Lipinski definition) is 1. The van der Waals surface area contributed by atoms with Gasteiger partial charge in [-0.3, -0.25) is 14.3 Å². The normalized spacial score (nSPS) is 14.8. The van der Waals surface area contributed by atoms with E-state index in [-0.39, 0.29) is 31.1 Å². The molecule has 0 saturated heterocycles. The van der Waals surface area contributed by atoms with E-state index in [2.05, 4.69) is 5.10 Å². The highest BCUT2D eigenvalue weighted by atomic mass is 32.1. The molecule has 7 rings (SSSR count). The van der Waals surface area contributed by atoms with Crippen LogP contribution < -0.4 is 4.74 Å². The molecule has 0 saturated carbocycles. The van der Waals surface area contributed by atoms with Crippen molar-refractivity contribution in [2.45, 2.75) is 19.5 Å². The Morgan fingerprint density at radius 1 is 1.09 bits per heavy atom. The second-order valence-electron chi connectivity index (χ2n) is 10.8. The van der Waals surface area contributed by atoms with Gasteiger partial charge < -0.3 is 14.6 Å². The van der Waals surface area contributed by atoms with Crippen LogP contribution in [-0.2, 0) is 18.3 Å². The van der Waals surface area contributed by atoms with Crippen molar-refractivity contribution >= 4 is 38.4 Å². The molecule has 6 aromatic rings. The molecular formula is C32H28F2N6O4S. The topological polar surface area (TPSA) is 108 Å². The number of nitrogens with zero attached hydrogens (tertiary/aromatic N) is 6. The standard InChI is InChI=1S/C32H28F2N6O4S/c1-17-25-15-23(37-40(25)8-7-39(17)32(41)42)30-28(27-22(34)13-20(33)14-26(27)44-10-9-43-3)31-21(6-11-45-31)29(36-30)18-4-5-24-19(12-18)16-35-38(24)2/h4-6,11-17H,7-10H2,1-3H3,(H,41,42). The Kier molecular flexibility index (Phi) is 7.21. The number of methoxy groups -OCH3 is 1. The third-order valence-corrected chi connectivity index (χ3v) is 9.12. The Balaban J connectivity index is 1.51. The monoisotopic (exact) mass is 630 g/mol. The second kappa shape index (κ2) is 11.2. The summed E-state index contributed by atoms with van der Waals surface area (Å²) in [5.74, 6) is -1.57. The summed E-state index contributed by atoms with van der Waals surface area (Å²) < 4.78 is 45.8. The molecule has 230 valence electrons. The molecule has 0 spiro atoms. The summed E-state index contributed by atoms with van der Waals surface area (Å²) in [6.45, 7) is 2.72. The molecule has 5 heterocycles. The number of aromatic nitrogens is 5. The zero-order chi connectivity index (χ0) is 31.4. The van der Waals surface area contributed by atoms with Crippen molar-refractivity contribution in [3.63, 3.8) is 0 Å². The van der Waals surface area contributed by atoms with E-state index in [9.17, 15) is 14.3 Å². The summed E-state index contributed by atoms with van der Waals surface area (Å²) in [6.07, 6.45) is 0.768. The molecule has 1 N–H and O–H groups in total. The van der Waals surface area contributed by atoms with E-state index in [4.69, 9.17) is 19.6 Å². The van der Waals surface area contributed by atoms with Gasteiger partial charge in [-0.25, -0.2) is 18.6 Å². The number of halogens is 2. The second-order valence-corrected chi connectivity index (χ2v) is 11.7. The largest absolute Gasteiger partial charge is 0.490 e. The number of fused-ring (bicyclic) bond motifs is 3. The zero-order valence-electron chi connectivity index (χ0n) is 24.6. The van der Waals surface area contributed by atoms with E-state index in [1.54, 1.807) is 28.6 Å². The van der Waals surface area contributed by atoms with E-state index < -0.39 is 23.8 Å². The number of carbonyl (C=O) groups is 1. The van der Waals surface area contributed by atoms with Crippen LogP contribution in [0.1, 0.15) is 18.7 Å². The molecule has 0 radical (unpaired) electrons. The van der Waals surface area contributed by atoms with Crippen molar-refractivity contribution in [1.82, 2.24) is 29.4 Å². The number of ether oxygens (including phenoxy) is 2. The molecule has 0 bridgehead atoms. The van der Waals surface area contributed by atoms with Crippen LogP contribution in [0.4, 0.5) is 13.6 Å². The van der Waals surface area contributed by atoms with Crippen LogP contribution in [0.15, 0.2) is 54.0 Å². The summed E-state index contributed by atoms with van der Waals surface area (Å²) >= 11 is 1.41. The molecule has 1 aliphatic rings. The fraction of sp³-hybridized carbons (Fsp3) is 0.250. The lowest BCUT2D eigenvalue weighted by molar-refractivity contribution is 0.113. The Morgan fingerprint density at radius 3 is 2.73 bits per heavy atom. The van der Waals surface area contributed by atoms with Crippen molar-refractivity contribution in [2.75, 3.05) is 26.9 Å². The summed E-state index contributed by atoms with van der Waals surface area (Å²) in [5.41, 5.74) is 4.41. The van der Waals surface area contributed by atoms with Gasteiger partial charge in [0.25, 0.3) is 0 Å². The molecule has 45 heavy (non-hydrogen) atoms. The van der Waals surface area contributed by atoms with E-state index in [0.29, 0.717) is 34.9 Å². The summed E-state index contributed by atoms with van der Waals surface area (Å²) in [4.78, 5) is 18.4. The maximum atomic E-state index is 16.0. The Morgan fingerprint density at radius 2 is 1.93 bits per heavy atom. The van der Waals surface area contributed by atoms with Gasteiger partial charge in [0.2, 0.25) is 0 Å². The molecule has 1 unspecified atom stereocenters. The first-order valence-electron chi connectivity index (χ1n) is 14.3. The minimum absolute atomic E-state index is 0.0150. The van der Waals surface area contributed by atoms with Crippen LogP contribution in [0.2, 0.25) is 0 Å². The molecule has 2 aromatic carbocycles. The van der Waals surface area contributed by atoms with Crippen molar-refractivity contribution < 1.29 is 28.2 Å². The van der Waals surface area contributed by atoms with Crippen LogP contribution in [0.3, 0.4) is 0 Å². The van der Waals surface area contributed by atoms with Gasteiger partial charge in [0, 0.05) is 59.4 Å². The highest BCUT2D eigenvalue weighted by molar-refractivity contribution is 7.18. The molecule has 4 aromatic heterocycles. The van der Waals surface area contributed by atoms with Crippen molar-refractivity contribution in [2.24, 2.45) is 7.05 Å². The lowest BCUT2D eigenvalue weighted by Crippen LogP contribution is -2.40. The molecule has 1 aliphatic heterocycles. The van der Waals surface area contributed by atoms with E-state index in [1.807, 2.05) is 36.7 Å². The van der Waals surface area contributed by atoms with Gasteiger partial charge in [0.05, 0.1) is 47.9 Å². The van der Waals surface area contributed by atoms with Gasteiger partial charge in [-0.1, -0.05) is 6.07 Å². The molecule has 0 fully saturated rings. The zero-order valence-corrected chi connectivity index (χ0v) is 25.4. The number of pyridine rings is 1. The quantitative estimate of drug-likeness (QED) is 0.195. The molecular weight excluding hydrogens is 602 g/mol. The van der Waals surface area contributed by atoms with E-state index in [0.717, 1.165) is 38.7 Å². The van der Waals surface area contributed by atoms with Gasteiger partial charge in [-0.2, -0.15) is 10.2 Å². The summed E-state index contributed by atoms with van der Waals surface area (Å²) in [7, 11) is 3.39.